The summed E-state index contributed by atoms with van der Waals surface area (Å²) >= 11 is 6.01. The highest BCUT2D eigenvalue weighted by atomic mass is 35.5. The fourth-order valence-corrected chi connectivity index (χ4v) is 5.80. The third kappa shape index (κ3) is 5.83. The van der Waals surface area contributed by atoms with E-state index in [1.807, 2.05) is 0 Å². The van der Waals surface area contributed by atoms with Gasteiger partial charge in [0.15, 0.2) is 9.84 Å². The van der Waals surface area contributed by atoms with Crippen LogP contribution in [-0.2, 0) is 16.3 Å². The Morgan fingerprint density at radius 3 is 2.40 bits per heavy atom. The molecule has 1 amide bonds. The van der Waals surface area contributed by atoms with Crippen molar-refractivity contribution in [2.45, 2.75) is 44.2 Å². The lowest BCUT2D eigenvalue weighted by atomic mass is 10.0. The smallest absolute Gasteiger partial charge is 0.366 e. The first kappa shape index (κ1) is 29.5. The largest absolute Gasteiger partial charge is 0.391 e. The number of rotatable bonds is 9. The lowest BCUT2D eigenvalue weighted by molar-refractivity contribution is -0.171. The van der Waals surface area contributed by atoms with Gasteiger partial charge in [-0.05, 0) is 61.2 Å². The van der Waals surface area contributed by atoms with E-state index in [2.05, 4.69) is 9.97 Å². The Balaban J connectivity index is 1.82. The summed E-state index contributed by atoms with van der Waals surface area (Å²) in [7, 11) is -3.94. The number of alkyl halides is 3. The van der Waals surface area contributed by atoms with Gasteiger partial charge < -0.3 is 5.73 Å². The van der Waals surface area contributed by atoms with Gasteiger partial charge in [-0.1, -0.05) is 25.4 Å². The molecule has 0 spiro atoms. The maximum Gasteiger partial charge on any atom is 0.391 e. The standard InChI is InChI=1S/C27H25ClF4N4O3S/c1-3-16-11-22-19(12-20(16)29)24(26(33)37)25(36(22)23-9-6-17(28)13-35-23)21-8-7-18(14-34-21)40(38,39)10-4-5-15(2)27(30,31)32/h6-9,11-15H,3-5,10H2,1-2H3,(H2,33,37). The maximum atomic E-state index is 14.8. The first-order valence-corrected chi connectivity index (χ1v) is 14.3. The van der Waals surface area contributed by atoms with Gasteiger partial charge in [-0.3, -0.25) is 14.3 Å². The predicted molar refractivity (Wildman–Crippen MR) is 144 cm³/mol. The maximum absolute atomic E-state index is 14.8. The van der Waals surface area contributed by atoms with Crippen LogP contribution in [0.4, 0.5) is 17.6 Å². The Bertz CT molecular complexity index is 1670. The number of nitrogens with zero attached hydrogens (tertiary/aromatic N) is 3. The van der Waals surface area contributed by atoms with Crippen LogP contribution in [0.1, 0.15) is 42.6 Å². The predicted octanol–water partition coefficient (Wildman–Crippen LogP) is 6.29. The number of primary amides is 1. The van der Waals surface area contributed by atoms with E-state index in [9.17, 15) is 30.8 Å². The van der Waals surface area contributed by atoms with Gasteiger partial charge in [0.2, 0.25) is 0 Å². The van der Waals surface area contributed by atoms with Crippen molar-refractivity contribution in [3.05, 3.63) is 70.8 Å². The van der Waals surface area contributed by atoms with Gasteiger partial charge in [0, 0.05) is 17.8 Å². The van der Waals surface area contributed by atoms with Crippen molar-refractivity contribution >= 4 is 38.2 Å². The lowest BCUT2D eigenvalue weighted by Gasteiger charge is -2.15. The fourth-order valence-electron chi connectivity index (χ4n) is 4.42. The SMILES string of the molecule is CCc1cc2c(cc1F)c(C(N)=O)c(-c1ccc(S(=O)(=O)CCCC(C)C(F)(F)F)cn1)n2-c1ccc(Cl)cn1. The minimum absolute atomic E-state index is 0.0439. The lowest BCUT2D eigenvalue weighted by Crippen LogP contribution is -2.20. The highest BCUT2D eigenvalue weighted by Gasteiger charge is 2.35. The van der Waals surface area contributed by atoms with Crippen molar-refractivity contribution in [3.8, 4) is 17.2 Å². The van der Waals surface area contributed by atoms with Gasteiger partial charge in [0.25, 0.3) is 5.91 Å². The van der Waals surface area contributed by atoms with Crippen molar-refractivity contribution < 1.29 is 30.8 Å². The highest BCUT2D eigenvalue weighted by Crippen LogP contribution is 2.37. The molecule has 0 bridgehead atoms. The third-order valence-corrected chi connectivity index (χ3v) is 8.66. The average molecular weight is 597 g/mol. The number of fused-ring (bicyclic) bond motifs is 1. The second kappa shape index (κ2) is 11.2. The summed E-state index contributed by atoms with van der Waals surface area (Å²) in [6.45, 7) is 2.78. The van der Waals surface area contributed by atoms with E-state index in [1.165, 1.54) is 24.4 Å². The number of sulfone groups is 1. The van der Waals surface area contributed by atoms with E-state index in [0.29, 0.717) is 28.3 Å². The zero-order valence-electron chi connectivity index (χ0n) is 21.5. The molecular weight excluding hydrogens is 572 g/mol. The molecule has 212 valence electrons. The molecule has 0 aliphatic carbocycles. The fraction of sp³-hybridized carbons (Fsp3) is 0.296. The molecule has 0 radical (unpaired) electrons. The summed E-state index contributed by atoms with van der Waals surface area (Å²) in [6, 6.07) is 8.57. The zero-order chi connectivity index (χ0) is 29.4. The minimum Gasteiger partial charge on any atom is -0.366 e. The molecule has 0 fully saturated rings. The molecule has 4 aromatic rings. The molecule has 3 heterocycles. The monoisotopic (exact) mass is 596 g/mol. The Morgan fingerprint density at radius 1 is 1.12 bits per heavy atom. The summed E-state index contributed by atoms with van der Waals surface area (Å²) in [5.41, 5.74) is 6.81. The van der Waals surface area contributed by atoms with Crippen molar-refractivity contribution in [1.29, 1.82) is 0 Å². The summed E-state index contributed by atoms with van der Waals surface area (Å²) in [5, 5.41) is 0.570. The second-order valence-corrected chi connectivity index (χ2v) is 11.9. The Kier molecular flexibility index (Phi) is 8.23. The number of hydrogen-bond donors (Lipinski definition) is 1. The molecule has 0 aliphatic heterocycles. The number of benzene rings is 1. The van der Waals surface area contributed by atoms with Crippen LogP contribution < -0.4 is 5.73 Å². The molecule has 0 saturated heterocycles. The number of carbonyl (C=O) groups is 1. The highest BCUT2D eigenvalue weighted by molar-refractivity contribution is 7.91. The number of halogens is 5. The van der Waals surface area contributed by atoms with Crippen molar-refractivity contribution in [3.63, 3.8) is 0 Å². The molecule has 3 aromatic heterocycles. The van der Waals surface area contributed by atoms with Crippen molar-refractivity contribution in [2.75, 3.05) is 5.75 Å². The average Bonchev–Trinajstić information content (AvgIpc) is 3.22. The molecule has 4 rings (SSSR count). The minimum atomic E-state index is -4.40. The second-order valence-electron chi connectivity index (χ2n) is 9.36. The Labute approximate surface area is 232 Å². The number of aryl methyl sites for hydroxylation is 1. The summed E-state index contributed by atoms with van der Waals surface area (Å²) in [4.78, 5) is 21.1. The van der Waals surface area contributed by atoms with E-state index in [4.69, 9.17) is 17.3 Å². The van der Waals surface area contributed by atoms with Crippen molar-refractivity contribution in [1.82, 2.24) is 14.5 Å². The molecule has 0 saturated carbocycles. The van der Waals surface area contributed by atoms with Gasteiger partial charge in [-0.2, -0.15) is 13.2 Å². The van der Waals surface area contributed by atoms with Crippen LogP contribution in [0.3, 0.4) is 0 Å². The number of hydrogen-bond acceptors (Lipinski definition) is 5. The number of aromatic nitrogens is 3. The van der Waals surface area contributed by atoms with E-state index in [-0.39, 0.29) is 40.1 Å². The topological polar surface area (TPSA) is 108 Å². The molecule has 1 aromatic carbocycles. The molecule has 0 aliphatic rings. The van der Waals surface area contributed by atoms with E-state index in [0.717, 1.165) is 13.1 Å². The van der Waals surface area contributed by atoms with Crippen LogP contribution in [0.5, 0.6) is 0 Å². The van der Waals surface area contributed by atoms with Crippen LogP contribution in [0.15, 0.2) is 53.7 Å². The first-order valence-electron chi connectivity index (χ1n) is 12.3. The van der Waals surface area contributed by atoms with Gasteiger partial charge in [0.1, 0.15) is 11.6 Å². The van der Waals surface area contributed by atoms with E-state index >= 15 is 0 Å². The quantitative estimate of drug-likeness (QED) is 0.228. The van der Waals surface area contributed by atoms with Crippen LogP contribution >= 0.6 is 11.6 Å². The van der Waals surface area contributed by atoms with Crippen LogP contribution in [-0.4, -0.2) is 40.8 Å². The molecular formula is C27H25ClF4N4O3S. The Hall–Kier alpha value is -3.51. The summed E-state index contributed by atoms with van der Waals surface area (Å²) in [6.07, 6.45) is -2.08. The molecule has 7 nitrogen and oxygen atoms in total. The normalized spacial score (nSPS) is 13.1. The van der Waals surface area contributed by atoms with E-state index in [1.54, 1.807) is 29.7 Å². The molecule has 13 heteroatoms. The van der Waals surface area contributed by atoms with Crippen LogP contribution in [0, 0.1) is 11.7 Å². The van der Waals surface area contributed by atoms with Gasteiger partial charge in [0.05, 0.1) is 44.1 Å². The third-order valence-electron chi connectivity index (χ3n) is 6.65. The Morgan fingerprint density at radius 2 is 1.85 bits per heavy atom. The zero-order valence-corrected chi connectivity index (χ0v) is 23.0. The molecule has 1 atom stereocenters. The number of amides is 1. The first-order chi connectivity index (χ1) is 18.7. The number of pyridine rings is 2. The van der Waals surface area contributed by atoms with E-state index < -0.39 is 39.4 Å². The van der Waals surface area contributed by atoms with Gasteiger partial charge >= 0.3 is 6.18 Å². The molecule has 2 N–H and O–H groups in total. The summed E-state index contributed by atoms with van der Waals surface area (Å²) < 4.78 is 80.3. The number of nitrogens with two attached hydrogens (primary N) is 1. The number of carbonyl (C=O) groups excluding carboxylic acids is 1. The van der Waals surface area contributed by atoms with Gasteiger partial charge in [-0.15, -0.1) is 0 Å². The molecule has 40 heavy (non-hydrogen) atoms. The van der Waals surface area contributed by atoms with Crippen molar-refractivity contribution in [2.24, 2.45) is 11.7 Å². The van der Waals surface area contributed by atoms with Crippen LogP contribution in [0.25, 0.3) is 28.1 Å². The molecule has 1 unspecified atom stereocenters. The summed E-state index contributed by atoms with van der Waals surface area (Å²) in [5.74, 6) is -3.19. The van der Waals surface area contributed by atoms with Gasteiger partial charge in [-0.25, -0.2) is 17.8 Å². The van der Waals surface area contributed by atoms with Crippen LogP contribution in [0.2, 0.25) is 5.02 Å².